The number of benzene rings is 1. The Morgan fingerprint density at radius 2 is 1.70 bits per heavy atom. The molecule has 0 unspecified atom stereocenters. The number of nitrogens with one attached hydrogen (secondary N) is 1. The Kier molecular flexibility index (Phi) is 5.67. The predicted octanol–water partition coefficient (Wildman–Crippen LogP) is 5.14. The second kappa shape index (κ2) is 8.72. The van der Waals surface area contributed by atoms with Crippen molar-refractivity contribution in [2.75, 3.05) is 5.32 Å². The topological polar surface area (TPSA) is 81.7 Å². The largest absolute Gasteiger partial charge is 0.328 e. The van der Waals surface area contributed by atoms with Gasteiger partial charge in [-0.3, -0.25) is 0 Å². The zero-order valence-corrected chi connectivity index (χ0v) is 17.6. The van der Waals surface area contributed by atoms with Gasteiger partial charge in [-0.2, -0.15) is 10.1 Å². The van der Waals surface area contributed by atoms with E-state index in [0.717, 1.165) is 42.0 Å². The molecule has 2 aliphatic rings. The zero-order valence-electron chi connectivity index (χ0n) is 17.6. The minimum absolute atomic E-state index is 0.373. The van der Waals surface area contributed by atoms with E-state index in [1.165, 1.54) is 50.5 Å². The maximum atomic E-state index is 6.05. The highest BCUT2D eigenvalue weighted by molar-refractivity contribution is 5.75. The van der Waals surface area contributed by atoms with E-state index in [9.17, 15) is 0 Å². The molecule has 0 saturated heterocycles. The SMILES string of the molecule is NC1CCC(Cn2ncc3cnc(Nc4ccc(C5CCCCC5)cc4)nc32)CC1. The Morgan fingerprint density at radius 1 is 0.933 bits per heavy atom. The van der Waals surface area contributed by atoms with Crippen LogP contribution in [0.3, 0.4) is 0 Å². The van der Waals surface area contributed by atoms with E-state index < -0.39 is 0 Å². The van der Waals surface area contributed by atoms with Crippen molar-refractivity contribution in [2.24, 2.45) is 11.7 Å². The Bertz CT molecular complexity index is 965. The number of hydrogen-bond acceptors (Lipinski definition) is 5. The van der Waals surface area contributed by atoms with Crippen LogP contribution in [-0.4, -0.2) is 25.8 Å². The van der Waals surface area contributed by atoms with Gasteiger partial charge in [0.1, 0.15) is 0 Å². The van der Waals surface area contributed by atoms with Crippen LogP contribution in [0.15, 0.2) is 36.7 Å². The summed E-state index contributed by atoms with van der Waals surface area (Å²) < 4.78 is 2.04. The maximum Gasteiger partial charge on any atom is 0.229 e. The Morgan fingerprint density at radius 3 is 2.47 bits per heavy atom. The molecular formula is C24H32N6. The molecule has 6 heteroatoms. The van der Waals surface area contributed by atoms with Gasteiger partial charge in [0, 0.05) is 24.5 Å². The van der Waals surface area contributed by atoms with Gasteiger partial charge < -0.3 is 11.1 Å². The van der Waals surface area contributed by atoms with E-state index in [1.807, 2.05) is 17.1 Å². The minimum Gasteiger partial charge on any atom is -0.328 e. The van der Waals surface area contributed by atoms with Crippen molar-refractivity contribution in [1.82, 2.24) is 19.7 Å². The van der Waals surface area contributed by atoms with Crippen LogP contribution in [0.2, 0.25) is 0 Å². The van der Waals surface area contributed by atoms with Crippen molar-refractivity contribution in [1.29, 1.82) is 0 Å². The summed E-state index contributed by atoms with van der Waals surface area (Å²) in [5, 5.41) is 8.93. The number of aromatic nitrogens is 4. The molecule has 0 spiro atoms. The lowest BCUT2D eigenvalue weighted by Gasteiger charge is -2.25. The average molecular weight is 405 g/mol. The van der Waals surface area contributed by atoms with Crippen molar-refractivity contribution in [3.63, 3.8) is 0 Å². The summed E-state index contributed by atoms with van der Waals surface area (Å²) in [6, 6.07) is 9.20. The lowest BCUT2D eigenvalue weighted by Crippen LogP contribution is -2.28. The molecule has 0 atom stereocenters. The van der Waals surface area contributed by atoms with Crippen molar-refractivity contribution in [3.05, 3.63) is 42.2 Å². The van der Waals surface area contributed by atoms with E-state index in [2.05, 4.69) is 39.7 Å². The van der Waals surface area contributed by atoms with Crippen LogP contribution < -0.4 is 11.1 Å². The summed E-state index contributed by atoms with van der Waals surface area (Å²) in [5.74, 6) is 1.98. The highest BCUT2D eigenvalue weighted by Gasteiger charge is 2.20. The Labute approximate surface area is 178 Å². The first-order valence-electron chi connectivity index (χ1n) is 11.6. The van der Waals surface area contributed by atoms with Gasteiger partial charge in [-0.25, -0.2) is 9.67 Å². The number of hydrogen-bond donors (Lipinski definition) is 2. The van der Waals surface area contributed by atoms with Crippen LogP contribution in [0.5, 0.6) is 0 Å². The fourth-order valence-corrected chi connectivity index (χ4v) is 5.08. The standard InChI is InChI=1S/C24H32N6/c25-21-10-6-17(7-11-21)16-30-23-20(15-27-30)14-26-24(29-23)28-22-12-8-19(9-13-22)18-4-2-1-3-5-18/h8-9,12-15,17-18,21H,1-7,10-11,16,25H2,(H,26,28,29). The van der Waals surface area contributed by atoms with Gasteiger partial charge in [0.15, 0.2) is 5.65 Å². The van der Waals surface area contributed by atoms with Gasteiger partial charge in [0.05, 0.1) is 11.6 Å². The van der Waals surface area contributed by atoms with E-state index in [4.69, 9.17) is 10.7 Å². The molecular weight excluding hydrogens is 372 g/mol. The monoisotopic (exact) mass is 404 g/mol. The van der Waals surface area contributed by atoms with Crippen LogP contribution in [0.25, 0.3) is 11.0 Å². The van der Waals surface area contributed by atoms with Crippen molar-refractivity contribution in [2.45, 2.75) is 76.3 Å². The first-order valence-corrected chi connectivity index (χ1v) is 11.6. The summed E-state index contributed by atoms with van der Waals surface area (Å²) >= 11 is 0. The van der Waals surface area contributed by atoms with E-state index in [0.29, 0.717) is 17.9 Å². The third-order valence-electron chi connectivity index (χ3n) is 6.94. The number of nitrogens with zero attached hydrogens (tertiary/aromatic N) is 4. The number of fused-ring (bicyclic) bond motifs is 1. The normalized spacial score (nSPS) is 23.0. The van der Waals surface area contributed by atoms with E-state index in [-0.39, 0.29) is 0 Å². The quantitative estimate of drug-likeness (QED) is 0.616. The van der Waals surface area contributed by atoms with Crippen molar-refractivity contribution < 1.29 is 0 Å². The summed E-state index contributed by atoms with van der Waals surface area (Å²) in [7, 11) is 0. The first-order chi connectivity index (χ1) is 14.7. The fourth-order valence-electron chi connectivity index (χ4n) is 5.08. The third kappa shape index (κ3) is 4.33. The van der Waals surface area contributed by atoms with Crippen molar-refractivity contribution in [3.8, 4) is 0 Å². The summed E-state index contributed by atoms with van der Waals surface area (Å²) in [6.45, 7) is 0.906. The molecule has 2 saturated carbocycles. The van der Waals surface area contributed by atoms with Crippen molar-refractivity contribution >= 4 is 22.7 Å². The van der Waals surface area contributed by atoms with Gasteiger partial charge in [-0.1, -0.05) is 31.4 Å². The third-order valence-corrected chi connectivity index (χ3v) is 6.94. The van der Waals surface area contributed by atoms with Gasteiger partial charge >= 0.3 is 0 Å². The maximum absolute atomic E-state index is 6.05. The van der Waals surface area contributed by atoms with Crippen LogP contribution in [0, 0.1) is 5.92 Å². The van der Waals surface area contributed by atoms with Gasteiger partial charge in [0.2, 0.25) is 5.95 Å². The Hall–Kier alpha value is -2.47. The Balaban J connectivity index is 1.29. The molecule has 3 aromatic rings. The van der Waals surface area contributed by atoms with Gasteiger partial charge in [-0.05, 0) is 68.1 Å². The summed E-state index contributed by atoms with van der Waals surface area (Å²) in [6.07, 6.45) is 15.1. The number of nitrogens with two attached hydrogens (primary N) is 1. The van der Waals surface area contributed by atoms with Crippen LogP contribution in [0.4, 0.5) is 11.6 Å². The predicted molar refractivity (Wildman–Crippen MR) is 121 cm³/mol. The number of anilines is 2. The molecule has 0 aliphatic heterocycles. The van der Waals surface area contributed by atoms with Crippen LogP contribution in [-0.2, 0) is 6.54 Å². The molecule has 3 N–H and O–H groups in total. The highest BCUT2D eigenvalue weighted by atomic mass is 15.3. The van der Waals surface area contributed by atoms with E-state index in [1.54, 1.807) is 0 Å². The molecule has 0 bridgehead atoms. The lowest BCUT2D eigenvalue weighted by atomic mass is 9.84. The van der Waals surface area contributed by atoms with Gasteiger partial charge in [0.25, 0.3) is 0 Å². The fraction of sp³-hybridized carbons (Fsp3) is 0.542. The smallest absolute Gasteiger partial charge is 0.229 e. The minimum atomic E-state index is 0.373. The molecule has 6 nitrogen and oxygen atoms in total. The second-order valence-corrected chi connectivity index (χ2v) is 9.16. The molecule has 2 fully saturated rings. The lowest BCUT2D eigenvalue weighted by molar-refractivity contribution is 0.288. The molecule has 0 amide bonds. The number of rotatable bonds is 5. The van der Waals surface area contributed by atoms with Crippen LogP contribution >= 0.6 is 0 Å². The average Bonchev–Trinajstić information content (AvgIpc) is 3.18. The molecule has 158 valence electrons. The molecule has 2 aromatic heterocycles. The molecule has 1 aromatic carbocycles. The molecule has 0 radical (unpaired) electrons. The highest BCUT2D eigenvalue weighted by Crippen LogP contribution is 2.33. The summed E-state index contributed by atoms with van der Waals surface area (Å²) in [5.41, 5.74) is 9.45. The first kappa shape index (κ1) is 19.5. The second-order valence-electron chi connectivity index (χ2n) is 9.16. The zero-order chi connectivity index (χ0) is 20.3. The van der Waals surface area contributed by atoms with E-state index >= 15 is 0 Å². The van der Waals surface area contributed by atoms with Gasteiger partial charge in [-0.15, -0.1) is 0 Å². The molecule has 2 aliphatic carbocycles. The van der Waals surface area contributed by atoms with Crippen LogP contribution in [0.1, 0.15) is 69.3 Å². The molecule has 5 rings (SSSR count). The molecule has 2 heterocycles. The molecule has 30 heavy (non-hydrogen) atoms. The summed E-state index contributed by atoms with van der Waals surface area (Å²) in [4.78, 5) is 9.27.